The van der Waals surface area contributed by atoms with Crippen molar-refractivity contribution in [3.63, 3.8) is 0 Å². The number of carbonyl (C=O) groups is 2. The number of rotatable bonds is 8. The Kier molecular flexibility index (Phi) is 7.74. The minimum atomic E-state index is -4.98. The van der Waals surface area contributed by atoms with Crippen molar-refractivity contribution in [1.29, 1.82) is 0 Å². The molecule has 0 saturated carbocycles. The van der Waals surface area contributed by atoms with Gasteiger partial charge in [0, 0.05) is 0 Å². The van der Waals surface area contributed by atoms with E-state index >= 15 is 0 Å². The van der Waals surface area contributed by atoms with Crippen molar-refractivity contribution in [3.8, 4) is 0 Å². The molecule has 7 nitrogen and oxygen atoms in total. The fraction of sp³-hybridized carbons (Fsp3) is 0.833. The van der Waals surface area contributed by atoms with Gasteiger partial charge in [-0.2, -0.15) is 0 Å². The molecule has 0 aromatic heterocycles. The van der Waals surface area contributed by atoms with E-state index < -0.39 is 45.9 Å². The molecule has 0 fully saturated rings. The van der Waals surface area contributed by atoms with Gasteiger partial charge in [-0.3, -0.25) is 9.59 Å². The van der Waals surface area contributed by atoms with Crippen LogP contribution in [0.2, 0.25) is 0 Å². The van der Waals surface area contributed by atoms with E-state index in [1.165, 1.54) is 0 Å². The zero-order valence-electron chi connectivity index (χ0n) is 12.1. The summed E-state index contributed by atoms with van der Waals surface area (Å²) < 4.78 is 42.9. The van der Waals surface area contributed by atoms with E-state index in [1.807, 2.05) is 0 Å². The first kappa shape index (κ1) is 18.9. The fourth-order valence-electron chi connectivity index (χ4n) is 1.17. The fourth-order valence-corrected chi connectivity index (χ4v) is 1.80. The van der Waals surface area contributed by atoms with E-state index in [0.29, 0.717) is 12.8 Å². The molecule has 8 heteroatoms. The van der Waals surface area contributed by atoms with Gasteiger partial charge < -0.3 is 14.0 Å². The second kappa shape index (κ2) is 8.21. The van der Waals surface area contributed by atoms with Crippen LogP contribution in [0.15, 0.2) is 0 Å². The summed E-state index contributed by atoms with van der Waals surface area (Å²) in [5.74, 6) is -2.12. The van der Waals surface area contributed by atoms with Gasteiger partial charge in [0.05, 0.1) is 18.6 Å². The lowest BCUT2D eigenvalue weighted by atomic mass is 10.2. The Labute approximate surface area is 119 Å². The molecule has 3 unspecified atom stereocenters. The summed E-state index contributed by atoms with van der Waals surface area (Å²) in [5.41, 5.74) is 0. The largest absolute Gasteiger partial charge is 0.747 e. The molecule has 20 heavy (non-hydrogen) atoms. The molecule has 0 aliphatic carbocycles. The number of carbonyl (C=O) groups excluding carboxylic acids is 2. The van der Waals surface area contributed by atoms with Gasteiger partial charge in [0.2, 0.25) is 0 Å². The van der Waals surface area contributed by atoms with Gasteiger partial charge in [-0.05, 0) is 26.7 Å². The molecule has 0 saturated heterocycles. The lowest BCUT2D eigenvalue weighted by Crippen LogP contribution is -2.36. The molecule has 0 aliphatic heterocycles. The molecular formula is C12H21O7S-. The summed E-state index contributed by atoms with van der Waals surface area (Å²) in [4.78, 5) is 23.1. The minimum Gasteiger partial charge on any atom is -0.747 e. The third-order valence-electron chi connectivity index (χ3n) is 2.76. The van der Waals surface area contributed by atoms with Crippen LogP contribution in [0.5, 0.6) is 0 Å². The predicted molar refractivity (Wildman–Crippen MR) is 69.8 cm³/mol. The Morgan fingerprint density at radius 2 is 1.50 bits per heavy atom. The first-order valence-corrected chi connectivity index (χ1v) is 7.93. The molecular weight excluding hydrogens is 288 g/mol. The van der Waals surface area contributed by atoms with Crippen LogP contribution >= 0.6 is 0 Å². The summed E-state index contributed by atoms with van der Waals surface area (Å²) in [6, 6.07) is 0. The molecule has 3 atom stereocenters. The van der Waals surface area contributed by atoms with Crippen LogP contribution < -0.4 is 0 Å². The van der Waals surface area contributed by atoms with Gasteiger partial charge in [-0.25, -0.2) is 8.42 Å². The van der Waals surface area contributed by atoms with E-state index in [-0.39, 0.29) is 0 Å². The summed E-state index contributed by atoms with van der Waals surface area (Å²) >= 11 is 0. The highest BCUT2D eigenvalue weighted by Crippen LogP contribution is 2.12. The average molecular weight is 309 g/mol. The van der Waals surface area contributed by atoms with Crippen LogP contribution in [0.3, 0.4) is 0 Å². The molecule has 0 spiro atoms. The van der Waals surface area contributed by atoms with Crippen LogP contribution in [0.1, 0.15) is 47.0 Å². The Balaban J connectivity index is 4.84. The van der Waals surface area contributed by atoms with Crippen LogP contribution in [0, 0.1) is 0 Å². The van der Waals surface area contributed by atoms with Crippen molar-refractivity contribution in [1.82, 2.24) is 0 Å². The van der Waals surface area contributed by atoms with E-state index in [4.69, 9.17) is 9.47 Å². The number of ether oxygens (including phenoxy) is 2. The highest BCUT2D eigenvalue weighted by molar-refractivity contribution is 7.87. The molecule has 0 aromatic rings. The minimum absolute atomic E-state index is 0.414. The van der Waals surface area contributed by atoms with E-state index in [1.54, 1.807) is 27.7 Å². The lowest BCUT2D eigenvalue weighted by Gasteiger charge is -2.21. The maximum Gasteiger partial charge on any atom is 0.324 e. The third kappa shape index (κ3) is 6.85. The second-order valence-corrected chi connectivity index (χ2v) is 6.10. The molecule has 118 valence electrons. The first-order chi connectivity index (χ1) is 9.11. The number of hydrogen-bond acceptors (Lipinski definition) is 7. The monoisotopic (exact) mass is 309 g/mol. The van der Waals surface area contributed by atoms with Gasteiger partial charge in [-0.15, -0.1) is 0 Å². The molecule has 0 aromatic carbocycles. The number of esters is 2. The SMILES string of the molecule is CCC(C)OC(=O)CC(C(=O)OC(C)CC)S(=O)(=O)[O-]. The Bertz CT molecular complexity index is 429. The third-order valence-corrected chi connectivity index (χ3v) is 3.82. The molecule has 0 N–H and O–H groups in total. The standard InChI is InChI=1S/C12H22O7S/c1-5-8(3)18-11(13)7-10(20(15,16)17)12(14)19-9(4)6-2/h8-10H,5-7H2,1-4H3,(H,15,16,17)/p-1. The molecule has 0 heterocycles. The van der Waals surface area contributed by atoms with Crippen molar-refractivity contribution >= 4 is 22.1 Å². The molecule has 0 amide bonds. The Morgan fingerprint density at radius 1 is 1.05 bits per heavy atom. The van der Waals surface area contributed by atoms with E-state index in [9.17, 15) is 22.6 Å². The smallest absolute Gasteiger partial charge is 0.324 e. The van der Waals surface area contributed by atoms with E-state index in [2.05, 4.69) is 0 Å². The van der Waals surface area contributed by atoms with Crippen LogP contribution in [-0.4, -0.2) is 42.4 Å². The first-order valence-electron chi connectivity index (χ1n) is 6.46. The van der Waals surface area contributed by atoms with Gasteiger partial charge >= 0.3 is 11.9 Å². The van der Waals surface area contributed by atoms with Crippen molar-refractivity contribution in [2.45, 2.75) is 64.4 Å². The van der Waals surface area contributed by atoms with Gasteiger partial charge in [-0.1, -0.05) is 13.8 Å². The second-order valence-electron chi connectivity index (χ2n) is 4.55. The van der Waals surface area contributed by atoms with Gasteiger partial charge in [0.15, 0.2) is 5.25 Å². The van der Waals surface area contributed by atoms with Crippen molar-refractivity contribution in [2.75, 3.05) is 0 Å². The zero-order chi connectivity index (χ0) is 15.9. The summed E-state index contributed by atoms with van der Waals surface area (Å²) in [5, 5.41) is -2.06. The number of hydrogen-bond donors (Lipinski definition) is 0. The highest BCUT2D eigenvalue weighted by Gasteiger charge is 2.31. The average Bonchev–Trinajstić information content (AvgIpc) is 2.33. The van der Waals surface area contributed by atoms with Gasteiger partial charge in [0.25, 0.3) is 0 Å². The van der Waals surface area contributed by atoms with Crippen LogP contribution in [-0.2, 0) is 29.2 Å². The van der Waals surface area contributed by atoms with Gasteiger partial charge in [0.1, 0.15) is 10.1 Å². The quantitative estimate of drug-likeness (QED) is 0.485. The summed E-state index contributed by atoms with van der Waals surface area (Å²) in [7, 11) is -4.98. The van der Waals surface area contributed by atoms with E-state index in [0.717, 1.165) is 0 Å². The summed E-state index contributed by atoms with van der Waals surface area (Å²) in [6.45, 7) is 6.69. The molecule has 0 radical (unpaired) electrons. The maximum absolute atomic E-state index is 11.6. The Hall–Kier alpha value is -1.15. The molecule has 0 bridgehead atoms. The highest BCUT2D eigenvalue weighted by atomic mass is 32.2. The zero-order valence-corrected chi connectivity index (χ0v) is 12.9. The molecule has 0 aliphatic rings. The van der Waals surface area contributed by atoms with Crippen molar-refractivity contribution < 1.29 is 32.0 Å². The predicted octanol–water partition coefficient (Wildman–Crippen LogP) is 0.974. The normalized spacial score (nSPS) is 16.1. The van der Waals surface area contributed by atoms with Crippen LogP contribution in [0.25, 0.3) is 0 Å². The summed E-state index contributed by atoms with van der Waals surface area (Å²) in [6.07, 6.45) is -0.766. The van der Waals surface area contributed by atoms with Crippen molar-refractivity contribution in [2.24, 2.45) is 0 Å². The maximum atomic E-state index is 11.6. The Morgan fingerprint density at radius 3 is 1.90 bits per heavy atom. The van der Waals surface area contributed by atoms with Crippen molar-refractivity contribution in [3.05, 3.63) is 0 Å². The topological polar surface area (TPSA) is 110 Å². The lowest BCUT2D eigenvalue weighted by molar-refractivity contribution is -0.155. The van der Waals surface area contributed by atoms with Crippen LogP contribution in [0.4, 0.5) is 0 Å². The molecule has 0 rings (SSSR count).